The predicted octanol–water partition coefficient (Wildman–Crippen LogP) is 2.37. The van der Waals surface area contributed by atoms with Crippen LogP contribution >= 0.6 is 0 Å². The number of nitrogens with two attached hydrogens (primary N) is 1. The summed E-state index contributed by atoms with van der Waals surface area (Å²) in [7, 11) is 1.59. The van der Waals surface area contributed by atoms with Gasteiger partial charge in [-0.2, -0.15) is 5.26 Å². The molecule has 0 atom stereocenters. The number of benzene rings is 1. The summed E-state index contributed by atoms with van der Waals surface area (Å²) in [5.74, 6) is 0.638. The van der Waals surface area contributed by atoms with Crippen LogP contribution in [0.3, 0.4) is 0 Å². The van der Waals surface area contributed by atoms with Gasteiger partial charge in [0, 0.05) is 13.1 Å². The van der Waals surface area contributed by atoms with Crippen molar-refractivity contribution >= 4 is 0 Å². The minimum atomic E-state index is 0.104. The van der Waals surface area contributed by atoms with Gasteiger partial charge in [-0.1, -0.05) is 26.8 Å². The average molecular weight is 275 g/mol. The highest BCUT2D eigenvalue weighted by Crippen LogP contribution is 2.22. The quantitative estimate of drug-likeness (QED) is 0.830. The number of hydrogen-bond acceptors (Lipinski definition) is 4. The molecule has 4 nitrogen and oxygen atoms in total. The van der Waals surface area contributed by atoms with E-state index in [1.807, 2.05) is 18.2 Å². The van der Waals surface area contributed by atoms with Crippen molar-refractivity contribution in [3.05, 3.63) is 29.3 Å². The molecule has 0 radical (unpaired) electrons. The fraction of sp³-hybridized carbons (Fsp3) is 0.562. The summed E-state index contributed by atoms with van der Waals surface area (Å²) in [6.07, 6.45) is 0. The van der Waals surface area contributed by atoms with Crippen LogP contribution in [0.15, 0.2) is 18.2 Å². The second kappa shape index (κ2) is 7.28. The van der Waals surface area contributed by atoms with E-state index in [9.17, 15) is 0 Å². The maximum Gasteiger partial charge on any atom is 0.136 e. The zero-order chi connectivity index (χ0) is 15.2. The highest BCUT2D eigenvalue weighted by Gasteiger charge is 2.19. The molecular formula is C16H25N3O. The van der Waals surface area contributed by atoms with Crippen molar-refractivity contribution in [3.8, 4) is 11.8 Å². The molecule has 4 heteroatoms. The second-order valence-electron chi connectivity index (χ2n) is 5.82. The van der Waals surface area contributed by atoms with Gasteiger partial charge in [-0.3, -0.25) is 4.90 Å². The van der Waals surface area contributed by atoms with Crippen LogP contribution in [0, 0.1) is 16.7 Å². The van der Waals surface area contributed by atoms with Crippen molar-refractivity contribution < 1.29 is 4.74 Å². The van der Waals surface area contributed by atoms with Gasteiger partial charge in [-0.25, -0.2) is 0 Å². The van der Waals surface area contributed by atoms with Crippen LogP contribution in [0.1, 0.15) is 31.9 Å². The third-order valence-electron chi connectivity index (χ3n) is 3.44. The van der Waals surface area contributed by atoms with Gasteiger partial charge in [0.2, 0.25) is 0 Å². The van der Waals surface area contributed by atoms with Gasteiger partial charge in [0.25, 0.3) is 0 Å². The largest absolute Gasteiger partial charge is 0.495 e. The molecule has 0 heterocycles. The molecule has 0 saturated carbocycles. The zero-order valence-electron chi connectivity index (χ0n) is 12.9. The molecule has 0 unspecified atom stereocenters. The number of nitrogens with zero attached hydrogens (tertiary/aromatic N) is 2. The molecule has 0 aliphatic heterocycles. The van der Waals surface area contributed by atoms with Crippen LogP contribution in [-0.4, -0.2) is 31.6 Å². The molecule has 0 aliphatic rings. The molecule has 0 saturated heterocycles. The summed E-state index contributed by atoms with van der Waals surface area (Å²) in [6, 6.07) is 7.88. The van der Waals surface area contributed by atoms with Gasteiger partial charge in [-0.05, 0) is 36.2 Å². The molecule has 1 aromatic carbocycles. The Labute approximate surface area is 122 Å². The summed E-state index contributed by atoms with van der Waals surface area (Å²) in [4.78, 5) is 2.35. The summed E-state index contributed by atoms with van der Waals surface area (Å²) in [5.41, 5.74) is 7.63. The standard InChI is InChI=1S/C16H25N3O/c1-5-19(12-16(2,3)11-18)10-13-6-7-14(9-17)15(8-13)20-4/h6-8H,5,10-12,18H2,1-4H3. The lowest BCUT2D eigenvalue weighted by molar-refractivity contribution is 0.183. The Balaban J connectivity index is 2.83. The van der Waals surface area contributed by atoms with Crippen LogP contribution in [0.2, 0.25) is 0 Å². The summed E-state index contributed by atoms with van der Waals surface area (Å²) in [5, 5.41) is 9.00. The van der Waals surface area contributed by atoms with Gasteiger partial charge in [0.05, 0.1) is 12.7 Å². The molecule has 0 spiro atoms. The highest BCUT2D eigenvalue weighted by atomic mass is 16.5. The Bertz CT molecular complexity index is 477. The summed E-state index contributed by atoms with van der Waals surface area (Å²) in [6.45, 7) is 9.91. The Morgan fingerprint density at radius 2 is 2.10 bits per heavy atom. The first-order valence-corrected chi connectivity index (χ1v) is 6.95. The number of ether oxygens (including phenoxy) is 1. The van der Waals surface area contributed by atoms with Gasteiger partial charge in [0.15, 0.2) is 0 Å². The van der Waals surface area contributed by atoms with E-state index in [1.54, 1.807) is 7.11 Å². The van der Waals surface area contributed by atoms with Crippen LogP contribution < -0.4 is 10.5 Å². The Morgan fingerprint density at radius 1 is 1.40 bits per heavy atom. The maximum atomic E-state index is 9.00. The highest BCUT2D eigenvalue weighted by molar-refractivity contribution is 5.45. The minimum Gasteiger partial charge on any atom is -0.495 e. The van der Waals surface area contributed by atoms with Crippen molar-refractivity contribution in [2.24, 2.45) is 11.1 Å². The molecule has 0 bridgehead atoms. The Morgan fingerprint density at radius 3 is 2.60 bits per heavy atom. The van der Waals surface area contributed by atoms with E-state index in [4.69, 9.17) is 15.7 Å². The first-order valence-electron chi connectivity index (χ1n) is 6.95. The fourth-order valence-corrected chi connectivity index (χ4v) is 2.13. The SMILES string of the molecule is CCN(Cc1ccc(C#N)c(OC)c1)CC(C)(C)CN. The zero-order valence-corrected chi connectivity index (χ0v) is 12.9. The first kappa shape index (κ1) is 16.5. The van der Waals surface area contributed by atoms with Crippen LogP contribution in [-0.2, 0) is 6.54 Å². The van der Waals surface area contributed by atoms with E-state index >= 15 is 0 Å². The molecular weight excluding hydrogens is 250 g/mol. The lowest BCUT2D eigenvalue weighted by atomic mass is 9.93. The third-order valence-corrected chi connectivity index (χ3v) is 3.44. The van der Waals surface area contributed by atoms with E-state index in [1.165, 1.54) is 0 Å². The van der Waals surface area contributed by atoms with E-state index in [0.29, 0.717) is 17.9 Å². The van der Waals surface area contributed by atoms with Gasteiger partial charge >= 0.3 is 0 Å². The van der Waals surface area contributed by atoms with Crippen molar-refractivity contribution in [1.29, 1.82) is 5.26 Å². The van der Waals surface area contributed by atoms with E-state index in [-0.39, 0.29) is 5.41 Å². The van der Waals surface area contributed by atoms with Crippen LogP contribution in [0.4, 0.5) is 0 Å². The van der Waals surface area contributed by atoms with Crippen LogP contribution in [0.25, 0.3) is 0 Å². The van der Waals surface area contributed by atoms with Crippen molar-refractivity contribution in [3.63, 3.8) is 0 Å². The molecule has 1 aromatic rings. The Hall–Kier alpha value is -1.57. The molecule has 0 aliphatic carbocycles. The average Bonchev–Trinajstić information content (AvgIpc) is 2.46. The number of methoxy groups -OCH3 is 1. The maximum absolute atomic E-state index is 9.00. The smallest absolute Gasteiger partial charge is 0.136 e. The normalized spacial score (nSPS) is 11.4. The monoisotopic (exact) mass is 275 g/mol. The first-order chi connectivity index (χ1) is 9.45. The van der Waals surface area contributed by atoms with E-state index in [0.717, 1.165) is 25.2 Å². The van der Waals surface area contributed by atoms with E-state index in [2.05, 4.69) is 31.7 Å². The Kier molecular flexibility index (Phi) is 6.00. The molecule has 20 heavy (non-hydrogen) atoms. The molecule has 0 aromatic heterocycles. The lowest BCUT2D eigenvalue weighted by Crippen LogP contribution is -2.38. The molecule has 0 fully saturated rings. The molecule has 2 N–H and O–H groups in total. The lowest BCUT2D eigenvalue weighted by Gasteiger charge is -2.31. The van der Waals surface area contributed by atoms with Gasteiger partial charge in [-0.15, -0.1) is 0 Å². The second-order valence-corrected chi connectivity index (χ2v) is 5.82. The minimum absolute atomic E-state index is 0.104. The topological polar surface area (TPSA) is 62.3 Å². The number of nitriles is 1. The van der Waals surface area contributed by atoms with Crippen LogP contribution in [0.5, 0.6) is 5.75 Å². The molecule has 0 amide bonds. The van der Waals surface area contributed by atoms with E-state index < -0.39 is 0 Å². The fourth-order valence-electron chi connectivity index (χ4n) is 2.13. The van der Waals surface area contributed by atoms with Crippen molar-refractivity contribution in [2.75, 3.05) is 26.7 Å². The van der Waals surface area contributed by atoms with Crippen molar-refractivity contribution in [1.82, 2.24) is 4.90 Å². The number of hydrogen-bond donors (Lipinski definition) is 1. The molecule has 110 valence electrons. The predicted molar refractivity (Wildman–Crippen MR) is 81.5 cm³/mol. The van der Waals surface area contributed by atoms with Crippen molar-refractivity contribution in [2.45, 2.75) is 27.3 Å². The third kappa shape index (κ3) is 4.52. The summed E-state index contributed by atoms with van der Waals surface area (Å²) < 4.78 is 5.25. The molecule has 1 rings (SSSR count). The summed E-state index contributed by atoms with van der Waals surface area (Å²) >= 11 is 0. The van der Waals surface area contributed by atoms with Gasteiger partial charge in [0.1, 0.15) is 11.8 Å². The van der Waals surface area contributed by atoms with Gasteiger partial charge < -0.3 is 10.5 Å². The number of rotatable bonds is 7.